The van der Waals surface area contributed by atoms with Gasteiger partial charge in [-0.05, 0) is 43.0 Å². The molecule has 0 atom stereocenters. The van der Waals surface area contributed by atoms with E-state index in [1.54, 1.807) is 0 Å². The normalized spacial score (nSPS) is 9.83. The number of benzene rings is 1. The van der Waals surface area contributed by atoms with Crippen LogP contribution in [0.2, 0.25) is 5.02 Å². The van der Waals surface area contributed by atoms with Gasteiger partial charge in [0.25, 0.3) is 0 Å². The Morgan fingerprint density at radius 1 is 1.50 bits per heavy atom. The number of halogens is 1. The molecule has 0 aliphatic rings. The largest absolute Gasteiger partial charge is 0.103 e. The first kappa shape index (κ1) is 9.34. The maximum Gasteiger partial charge on any atom is 0.0408 e. The van der Waals surface area contributed by atoms with Gasteiger partial charge in [-0.3, -0.25) is 0 Å². The highest BCUT2D eigenvalue weighted by Gasteiger charge is 1.97. The van der Waals surface area contributed by atoms with Crippen LogP contribution in [0.5, 0.6) is 0 Å². The van der Waals surface area contributed by atoms with E-state index in [-0.39, 0.29) is 0 Å². The van der Waals surface area contributed by atoms with Gasteiger partial charge in [0.1, 0.15) is 0 Å². The van der Waals surface area contributed by atoms with Gasteiger partial charge in [0, 0.05) is 5.02 Å². The lowest BCUT2D eigenvalue weighted by Crippen LogP contribution is -1.87. The SMILES string of the molecule is C=CCCc1ccc(Cl)cc1C. The lowest BCUT2D eigenvalue weighted by molar-refractivity contribution is 0.990. The summed E-state index contributed by atoms with van der Waals surface area (Å²) in [5.41, 5.74) is 2.63. The summed E-state index contributed by atoms with van der Waals surface area (Å²) in [6.07, 6.45) is 4.03. The van der Waals surface area contributed by atoms with Gasteiger partial charge in [-0.1, -0.05) is 23.7 Å². The van der Waals surface area contributed by atoms with Crippen LogP contribution >= 0.6 is 11.6 Å². The number of rotatable bonds is 3. The molecule has 0 N–H and O–H groups in total. The molecule has 64 valence electrons. The highest BCUT2D eigenvalue weighted by atomic mass is 35.5. The van der Waals surface area contributed by atoms with E-state index in [0.717, 1.165) is 17.9 Å². The molecule has 0 aliphatic carbocycles. The molecule has 0 heterocycles. The van der Waals surface area contributed by atoms with Crippen molar-refractivity contribution in [2.24, 2.45) is 0 Å². The van der Waals surface area contributed by atoms with Gasteiger partial charge in [0.05, 0.1) is 0 Å². The molecule has 1 heteroatoms. The second kappa shape index (κ2) is 4.32. The molecule has 0 nitrogen and oxygen atoms in total. The van der Waals surface area contributed by atoms with E-state index in [2.05, 4.69) is 19.6 Å². The summed E-state index contributed by atoms with van der Waals surface area (Å²) in [5.74, 6) is 0. The summed E-state index contributed by atoms with van der Waals surface area (Å²) < 4.78 is 0. The van der Waals surface area contributed by atoms with Crippen molar-refractivity contribution in [3.05, 3.63) is 47.0 Å². The quantitative estimate of drug-likeness (QED) is 0.622. The van der Waals surface area contributed by atoms with Gasteiger partial charge < -0.3 is 0 Å². The van der Waals surface area contributed by atoms with Gasteiger partial charge in [-0.25, -0.2) is 0 Å². The maximum absolute atomic E-state index is 5.83. The van der Waals surface area contributed by atoms with E-state index < -0.39 is 0 Å². The minimum atomic E-state index is 0.815. The first-order chi connectivity index (χ1) is 5.74. The predicted octanol–water partition coefficient (Wildman–Crippen LogP) is 3.77. The molecule has 0 spiro atoms. The summed E-state index contributed by atoms with van der Waals surface area (Å²) in [7, 11) is 0. The third-order valence-corrected chi connectivity index (χ3v) is 2.16. The van der Waals surface area contributed by atoms with Crippen LogP contribution in [-0.2, 0) is 6.42 Å². The average Bonchev–Trinajstić information content (AvgIpc) is 2.03. The minimum Gasteiger partial charge on any atom is -0.103 e. The van der Waals surface area contributed by atoms with Crippen LogP contribution in [0, 0.1) is 6.92 Å². The third-order valence-electron chi connectivity index (χ3n) is 1.92. The standard InChI is InChI=1S/C11H13Cl/c1-3-4-5-10-6-7-11(12)8-9(10)2/h3,6-8H,1,4-5H2,2H3. The molecular weight excluding hydrogens is 168 g/mol. The number of allylic oxidation sites excluding steroid dienone is 1. The summed E-state index contributed by atoms with van der Waals surface area (Å²) in [6.45, 7) is 5.78. The number of aryl methyl sites for hydroxylation is 2. The molecule has 0 aliphatic heterocycles. The topological polar surface area (TPSA) is 0 Å². The Morgan fingerprint density at radius 2 is 2.25 bits per heavy atom. The molecule has 1 aromatic rings. The van der Waals surface area contributed by atoms with E-state index in [1.807, 2.05) is 18.2 Å². The van der Waals surface area contributed by atoms with Crippen LogP contribution in [0.25, 0.3) is 0 Å². The molecule has 0 bridgehead atoms. The Hall–Kier alpha value is -0.750. The van der Waals surface area contributed by atoms with E-state index in [9.17, 15) is 0 Å². The maximum atomic E-state index is 5.83. The minimum absolute atomic E-state index is 0.815. The Kier molecular flexibility index (Phi) is 3.36. The Bertz CT molecular complexity index is 276. The zero-order valence-electron chi connectivity index (χ0n) is 7.31. The van der Waals surface area contributed by atoms with E-state index in [1.165, 1.54) is 11.1 Å². The van der Waals surface area contributed by atoms with Gasteiger partial charge in [0.2, 0.25) is 0 Å². The summed E-state index contributed by atoms with van der Waals surface area (Å²) >= 11 is 5.83. The number of hydrogen-bond acceptors (Lipinski definition) is 0. The molecule has 0 fully saturated rings. The van der Waals surface area contributed by atoms with Crippen molar-refractivity contribution in [2.45, 2.75) is 19.8 Å². The van der Waals surface area contributed by atoms with Crippen molar-refractivity contribution in [1.29, 1.82) is 0 Å². The molecule has 1 aromatic carbocycles. The van der Waals surface area contributed by atoms with Crippen molar-refractivity contribution < 1.29 is 0 Å². The second-order valence-corrected chi connectivity index (χ2v) is 3.33. The van der Waals surface area contributed by atoms with E-state index in [4.69, 9.17) is 11.6 Å². The van der Waals surface area contributed by atoms with Crippen molar-refractivity contribution in [1.82, 2.24) is 0 Å². The van der Waals surface area contributed by atoms with Crippen LogP contribution in [0.4, 0.5) is 0 Å². The fourth-order valence-corrected chi connectivity index (χ4v) is 1.42. The van der Waals surface area contributed by atoms with Gasteiger partial charge >= 0.3 is 0 Å². The Balaban J connectivity index is 2.78. The lowest BCUT2D eigenvalue weighted by atomic mass is 10.0. The van der Waals surface area contributed by atoms with Crippen molar-refractivity contribution in [2.75, 3.05) is 0 Å². The smallest absolute Gasteiger partial charge is 0.0408 e. The molecule has 12 heavy (non-hydrogen) atoms. The third kappa shape index (κ3) is 2.38. The van der Waals surface area contributed by atoms with Gasteiger partial charge in [-0.15, -0.1) is 6.58 Å². The average molecular weight is 181 g/mol. The highest BCUT2D eigenvalue weighted by Crippen LogP contribution is 2.16. The molecule has 0 aromatic heterocycles. The van der Waals surface area contributed by atoms with Crippen molar-refractivity contribution in [3.8, 4) is 0 Å². The fraction of sp³-hybridized carbons (Fsp3) is 0.273. The van der Waals surface area contributed by atoms with Crippen molar-refractivity contribution in [3.63, 3.8) is 0 Å². The molecule has 0 radical (unpaired) electrons. The van der Waals surface area contributed by atoms with Crippen LogP contribution in [0.3, 0.4) is 0 Å². The molecule has 0 amide bonds. The van der Waals surface area contributed by atoms with E-state index in [0.29, 0.717) is 0 Å². The zero-order chi connectivity index (χ0) is 8.97. The summed E-state index contributed by atoms with van der Waals surface area (Å²) in [5, 5.41) is 0.815. The van der Waals surface area contributed by atoms with Crippen LogP contribution < -0.4 is 0 Å². The molecule has 0 saturated carbocycles. The second-order valence-electron chi connectivity index (χ2n) is 2.90. The van der Waals surface area contributed by atoms with Gasteiger partial charge in [0.15, 0.2) is 0 Å². The first-order valence-corrected chi connectivity index (χ1v) is 4.48. The van der Waals surface area contributed by atoms with Crippen LogP contribution in [-0.4, -0.2) is 0 Å². The van der Waals surface area contributed by atoms with Crippen LogP contribution in [0.15, 0.2) is 30.9 Å². The lowest BCUT2D eigenvalue weighted by Gasteiger charge is -2.03. The predicted molar refractivity (Wildman–Crippen MR) is 54.7 cm³/mol. The van der Waals surface area contributed by atoms with Crippen molar-refractivity contribution >= 4 is 11.6 Å². The first-order valence-electron chi connectivity index (χ1n) is 4.10. The fourth-order valence-electron chi connectivity index (χ4n) is 1.20. The zero-order valence-corrected chi connectivity index (χ0v) is 8.06. The van der Waals surface area contributed by atoms with E-state index >= 15 is 0 Å². The Labute approximate surface area is 78.9 Å². The molecular formula is C11H13Cl. The van der Waals surface area contributed by atoms with Gasteiger partial charge in [-0.2, -0.15) is 0 Å². The molecule has 1 rings (SSSR count). The monoisotopic (exact) mass is 180 g/mol. The van der Waals surface area contributed by atoms with Crippen LogP contribution in [0.1, 0.15) is 17.5 Å². The number of hydrogen-bond donors (Lipinski definition) is 0. The summed E-state index contributed by atoms with van der Waals surface area (Å²) in [4.78, 5) is 0. The molecule has 0 saturated heterocycles. The highest BCUT2D eigenvalue weighted by molar-refractivity contribution is 6.30. The molecule has 0 unspecified atom stereocenters. The summed E-state index contributed by atoms with van der Waals surface area (Å²) in [6, 6.07) is 6.02. The Morgan fingerprint density at radius 3 is 2.83 bits per heavy atom.